The second kappa shape index (κ2) is 6.62. The van der Waals surface area contributed by atoms with E-state index in [1.165, 1.54) is 6.08 Å². The lowest BCUT2D eigenvalue weighted by Gasteiger charge is -2.25. The minimum atomic E-state index is -2.99. The van der Waals surface area contributed by atoms with Gasteiger partial charge in [-0.2, -0.15) is 0 Å². The highest BCUT2D eigenvalue weighted by Gasteiger charge is 2.33. The van der Waals surface area contributed by atoms with Crippen LogP contribution in [0, 0.1) is 0 Å². The van der Waals surface area contributed by atoms with Crippen LogP contribution in [0.2, 0.25) is 5.02 Å². The molecule has 1 unspecified atom stereocenters. The molecule has 1 atom stereocenters. The summed E-state index contributed by atoms with van der Waals surface area (Å²) in [7, 11) is -2.99. The molecular formula is C15H18ClNO3S. The highest BCUT2D eigenvalue weighted by Crippen LogP contribution is 2.18. The van der Waals surface area contributed by atoms with E-state index in [0.29, 0.717) is 18.0 Å². The second-order valence-corrected chi connectivity index (χ2v) is 7.73. The van der Waals surface area contributed by atoms with E-state index in [1.54, 1.807) is 23.1 Å². The van der Waals surface area contributed by atoms with E-state index in [2.05, 4.69) is 0 Å². The number of hydrogen-bond acceptors (Lipinski definition) is 3. The fraction of sp³-hybridized carbons (Fsp3) is 0.400. The summed E-state index contributed by atoms with van der Waals surface area (Å²) in [6.07, 6.45) is 3.72. The molecule has 1 fully saturated rings. The molecule has 1 aromatic rings. The Morgan fingerprint density at radius 2 is 2.05 bits per heavy atom. The van der Waals surface area contributed by atoms with Gasteiger partial charge in [0.05, 0.1) is 11.5 Å². The van der Waals surface area contributed by atoms with E-state index < -0.39 is 9.84 Å². The van der Waals surface area contributed by atoms with Gasteiger partial charge >= 0.3 is 0 Å². The first-order valence-electron chi connectivity index (χ1n) is 6.86. The first-order chi connectivity index (χ1) is 9.91. The normalized spacial score (nSPS) is 20.8. The van der Waals surface area contributed by atoms with E-state index >= 15 is 0 Å². The van der Waals surface area contributed by atoms with Crippen LogP contribution in [0.15, 0.2) is 30.3 Å². The SMILES string of the molecule is CCN(C(=O)/C=C/c1ccc(Cl)cc1)C1CCS(=O)(=O)C1. The standard InChI is InChI=1S/C15H18ClNO3S/c1-2-17(14-9-10-21(19,20)11-14)15(18)8-5-12-3-6-13(16)7-4-12/h3-8,14H,2,9-11H2,1H3/b8-5+. The Bertz CT molecular complexity index is 637. The van der Waals surface area contributed by atoms with Gasteiger partial charge in [0, 0.05) is 23.7 Å². The van der Waals surface area contributed by atoms with Gasteiger partial charge in [-0.3, -0.25) is 4.79 Å². The molecule has 0 saturated carbocycles. The van der Waals surface area contributed by atoms with Crippen molar-refractivity contribution in [2.45, 2.75) is 19.4 Å². The molecule has 1 aliphatic rings. The van der Waals surface area contributed by atoms with E-state index in [0.717, 1.165) is 5.56 Å². The summed E-state index contributed by atoms with van der Waals surface area (Å²) in [5.74, 6) is 0.0820. The van der Waals surface area contributed by atoms with Crippen LogP contribution in [0.3, 0.4) is 0 Å². The molecule has 0 spiro atoms. The molecule has 6 heteroatoms. The Morgan fingerprint density at radius 1 is 1.38 bits per heavy atom. The summed E-state index contributed by atoms with van der Waals surface area (Å²) in [5, 5.41) is 0.643. The van der Waals surface area contributed by atoms with E-state index in [1.807, 2.05) is 19.1 Å². The van der Waals surface area contributed by atoms with Crippen LogP contribution >= 0.6 is 11.6 Å². The summed E-state index contributed by atoms with van der Waals surface area (Å²) in [6, 6.07) is 6.95. The minimum Gasteiger partial charge on any atom is -0.335 e. The Morgan fingerprint density at radius 3 is 2.57 bits per heavy atom. The van der Waals surface area contributed by atoms with Crippen molar-refractivity contribution in [3.8, 4) is 0 Å². The lowest BCUT2D eigenvalue weighted by molar-refractivity contribution is -0.127. The van der Waals surface area contributed by atoms with E-state index in [-0.39, 0.29) is 23.5 Å². The van der Waals surface area contributed by atoms with E-state index in [4.69, 9.17) is 11.6 Å². The third-order valence-corrected chi connectivity index (χ3v) is 5.56. The van der Waals surface area contributed by atoms with Crippen molar-refractivity contribution in [3.63, 3.8) is 0 Å². The molecule has 1 amide bonds. The number of carbonyl (C=O) groups excluding carboxylic acids is 1. The van der Waals surface area contributed by atoms with Gasteiger partial charge in [0.2, 0.25) is 5.91 Å². The number of sulfone groups is 1. The fourth-order valence-electron chi connectivity index (χ4n) is 2.45. The lowest BCUT2D eigenvalue weighted by Crippen LogP contribution is -2.40. The molecular weight excluding hydrogens is 310 g/mol. The Kier molecular flexibility index (Phi) is 5.06. The molecule has 4 nitrogen and oxygen atoms in total. The number of nitrogens with zero attached hydrogens (tertiary/aromatic N) is 1. The zero-order chi connectivity index (χ0) is 15.5. The maximum atomic E-state index is 12.2. The molecule has 1 aliphatic heterocycles. The maximum absolute atomic E-state index is 12.2. The summed E-state index contributed by atoms with van der Waals surface area (Å²) in [6.45, 7) is 2.36. The third-order valence-electron chi connectivity index (χ3n) is 3.56. The number of halogens is 1. The van der Waals surface area contributed by atoms with Crippen molar-refractivity contribution in [2.75, 3.05) is 18.1 Å². The lowest BCUT2D eigenvalue weighted by atomic mass is 10.2. The average molecular weight is 328 g/mol. The fourth-order valence-corrected chi connectivity index (χ4v) is 4.31. The minimum absolute atomic E-state index is 0.0708. The van der Waals surface area contributed by atoms with Crippen LogP contribution in [0.5, 0.6) is 0 Å². The number of amides is 1. The van der Waals surface area contributed by atoms with Crippen LogP contribution < -0.4 is 0 Å². The van der Waals surface area contributed by atoms with Crippen molar-refractivity contribution in [2.24, 2.45) is 0 Å². The number of likely N-dealkylation sites (N-methyl/N-ethyl adjacent to an activating group) is 1. The first kappa shape index (κ1) is 16.0. The molecule has 0 bridgehead atoms. The zero-order valence-electron chi connectivity index (χ0n) is 11.8. The molecule has 0 radical (unpaired) electrons. The van der Waals surface area contributed by atoms with E-state index in [9.17, 15) is 13.2 Å². The van der Waals surface area contributed by atoms with Gasteiger partial charge < -0.3 is 4.90 Å². The van der Waals surface area contributed by atoms with Crippen LogP contribution in [-0.4, -0.2) is 43.3 Å². The quantitative estimate of drug-likeness (QED) is 0.798. The highest BCUT2D eigenvalue weighted by molar-refractivity contribution is 7.91. The molecule has 0 aliphatic carbocycles. The van der Waals surface area contributed by atoms with Crippen molar-refractivity contribution in [1.82, 2.24) is 4.90 Å². The van der Waals surface area contributed by atoms with Crippen LogP contribution in [0.25, 0.3) is 6.08 Å². The smallest absolute Gasteiger partial charge is 0.246 e. The van der Waals surface area contributed by atoms with Gasteiger partial charge in [0.15, 0.2) is 9.84 Å². The largest absolute Gasteiger partial charge is 0.335 e. The number of benzene rings is 1. The predicted molar refractivity (Wildman–Crippen MR) is 84.9 cm³/mol. The average Bonchev–Trinajstić information content (AvgIpc) is 2.79. The van der Waals surface area contributed by atoms with Gasteiger partial charge in [0.25, 0.3) is 0 Å². The Balaban J connectivity index is 2.05. The number of hydrogen-bond donors (Lipinski definition) is 0. The molecule has 114 valence electrons. The van der Waals surface area contributed by atoms with Crippen molar-refractivity contribution < 1.29 is 13.2 Å². The predicted octanol–water partition coefficient (Wildman–Crippen LogP) is 2.39. The van der Waals surface area contributed by atoms with Gasteiger partial charge in [-0.15, -0.1) is 0 Å². The molecule has 2 rings (SSSR count). The zero-order valence-corrected chi connectivity index (χ0v) is 13.4. The van der Waals surface area contributed by atoms with Crippen LogP contribution in [0.1, 0.15) is 18.9 Å². The molecule has 0 aromatic heterocycles. The Labute approximate surface area is 130 Å². The third kappa shape index (κ3) is 4.32. The summed E-state index contributed by atoms with van der Waals surface area (Å²) in [5.41, 5.74) is 0.878. The molecule has 1 saturated heterocycles. The summed E-state index contributed by atoms with van der Waals surface area (Å²) >= 11 is 5.80. The van der Waals surface area contributed by atoms with Crippen LogP contribution in [-0.2, 0) is 14.6 Å². The summed E-state index contributed by atoms with van der Waals surface area (Å²) in [4.78, 5) is 13.9. The van der Waals surface area contributed by atoms with Gasteiger partial charge in [-0.05, 0) is 37.1 Å². The monoisotopic (exact) mass is 327 g/mol. The first-order valence-corrected chi connectivity index (χ1v) is 9.06. The number of rotatable bonds is 4. The topological polar surface area (TPSA) is 54.5 Å². The summed E-state index contributed by atoms with van der Waals surface area (Å²) < 4.78 is 23.1. The van der Waals surface area contributed by atoms with Crippen molar-refractivity contribution >= 4 is 33.4 Å². The molecule has 1 heterocycles. The Hall–Kier alpha value is -1.33. The van der Waals surface area contributed by atoms with Crippen molar-refractivity contribution in [3.05, 3.63) is 40.9 Å². The molecule has 0 N–H and O–H groups in total. The van der Waals surface area contributed by atoms with Gasteiger partial charge in [0.1, 0.15) is 0 Å². The highest BCUT2D eigenvalue weighted by atomic mass is 35.5. The molecule has 21 heavy (non-hydrogen) atoms. The van der Waals surface area contributed by atoms with Gasteiger partial charge in [-0.25, -0.2) is 8.42 Å². The number of carbonyl (C=O) groups is 1. The maximum Gasteiger partial charge on any atom is 0.246 e. The second-order valence-electron chi connectivity index (χ2n) is 5.07. The van der Waals surface area contributed by atoms with Crippen LogP contribution in [0.4, 0.5) is 0 Å². The van der Waals surface area contributed by atoms with Crippen molar-refractivity contribution in [1.29, 1.82) is 0 Å². The van der Waals surface area contributed by atoms with Gasteiger partial charge in [-0.1, -0.05) is 23.7 Å². The molecule has 1 aromatic carbocycles.